The van der Waals surface area contributed by atoms with Crippen LogP contribution in [0, 0.1) is 23.7 Å². The Bertz CT molecular complexity index is 953. The number of carbonyl (C=O) groups excluding carboxylic acids is 2. The summed E-state index contributed by atoms with van der Waals surface area (Å²) in [6, 6.07) is 9.21. The molecule has 6 unspecified atom stereocenters. The molecule has 1 fully saturated rings. The lowest BCUT2D eigenvalue weighted by atomic mass is 9.82. The molecule has 6 atom stereocenters. The van der Waals surface area contributed by atoms with E-state index in [1.165, 1.54) is 6.42 Å². The molecule has 0 radical (unpaired) electrons. The Kier molecular flexibility index (Phi) is 17.6. The van der Waals surface area contributed by atoms with E-state index in [9.17, 15) is 24.0 Å². The summed E-state index contributed by atoms with van der Waals surface area (Å²) in [6.45, 7) is 12.6. The van der Waals surface area contributed by atoms with Crippen LogP contribution in [0.15, 0.2) is 30.3 Å². The Balaban J connectivity index is 2.02. The van der Waals surface area contributed by atoms with Gasteiger partial charge < -0.3 is 25.7 Å². The lowest BCUT2D eigenvalue weighted by molar-refractivity contribution is -0.128. The number of hydrogen-bond donors (Lipinski definition) is 4. The molecule has 0 aromatic heterocycles. The molecule has 1 saturated carbocycles. The molecule has 1 aliphatic carbocycles. The minimum absolute atomic E-state index is 0.142. The molecule has 1 aromatic rings. The van der Waals surface area contributed by atoms with Crippen molar-refractivity contribution >= 4 is 22.6 Å². The van der Waals surface area contributed by atoms with Gasteiger partial charge in [-0.1, -0.05) is 97.1 Å². The predicted octanol–water partition coefficient (Wildman–Crippen LogP) is 3.91. The lowest BCUT2D eigenvalue weighted by Crippen LogP contribution is -2.52. The number of carbonyl (C=O) groups is 2. The summed E-state index contributed by atoms with van der Waals surface area (Å²) in [7, 11) is -1.15. The molecule has 0 bridgehead atoms. The van der Waals surface area contributed by atoms with Gasteiger partial charge >= 0.3 is 0 Å². The highest BCUT2D eigenvalue weighted by Gasteiger charge is 2.32. The van der Waals surface area contributed by atoms with Crippen LogP contribution in [-0.2, 0) is 26.8 Å². The first-order chi connectivity index (χ1) is 20.5. The number of nitrogens with one attached hydrogen (secondary N) is 2. The van der Waals surface area contributed by atoms with Crippen LogP contribution >= 0.6 is 0 Å². The second-order valence-corrected chi connectivity index (χ2v) is 14.5. The van der Waals surface area contributed by atoms with Crippen molar-refractivity contribution in [2.75, 3.05) is 37.7 Å². The summed E-state index contributed by atoms with van der Waals surface area (Å²) in [4.78, 5) is 28.9. The van der Waals surface area contributed by atoms with Gasteiger partial charge in [-0.15, -0.1) is 0 Å². The number of hydrogen-bond acceptors (Lipinski definition) is 6. The van der Waals surface area contributed by atoms with Crippen LogP contribution in [-0.4, -0.2) is 87.1 Å². The molecule has 2 amide bonds. The average molecular weight is 622 g/mol. The highest BCUT2D eigenvalue weighted by molar-refractivity contribution is 7.85. The Hall–Kier alpha value is -1.81. The lowest BCUT2D eigenvalue weighted by Gasteiger charge is -2.33. The van der Waals surface area contributed by atoms with Crippen molar-refractivity contribution in [1.82, 2.24) is 15.5 Å². The number of amides is 2. The van der Waals surface area contributed by atoms with Gasteiger partial charge in [-0.25, -0.2) is 0 Å². The molecule has 43 heavy (non-hydrogen) atoms. The van der Waals surface area contributed by atoms with Gasteiger partial charge in [-0.2, -0.15) is 0 Å². The standard InChI is InChI=1S/C34H59N3O5S/c1-6-37(7-2)18-19-43(42)24-29(21-27-14-10-8-11-15-27)34(41)35-23-26(5)33(40)36-30(22-28-16-12-9-13-17-28)32(39)31(38)20-25(3)4/h8,10-11,14-15,25-26,28-32,38-39H,6-7,9,12-13,16-24H2,1-5H3,(H,35,41)(H,36,40). The molecular weight excluding hydrogens is 562 g/mol. The normalized spacial score (nSPS) is 18.5. The van der Waals surface area contributed by atoms with Crippen molar-refractivity contribution in [3.63, 3.8) is 0 Å². The van der Waals surface area contributed by atoms with Crippen LogP contribution in [0.2, 0.25) is 0 Å². The number of aliphatic hydroxyl groups excluding tert-OH is 2. The molecule has 0 saturated heterocycles. The largest absolute Gasteiger partial charge is 0.390 e. The molecule has 0 spiro atoms. The van der Waals surface area contributed by atoms with Crippen LogP contribution in [0.1, 0.15) is 85.1 Å². The van der Waals surface area contributed by atoms with Crippen molar-refractivity contribution in [3.05, 3.63) is 35.9 Å². The monoisotopic (exact) mass is 621 g/mol. The third kappa shape index (κ3) is 14.2. The minimum atomic E-state index is -1.15. The summed E-state index contributed by atoms with van der Waals surface area (Å²) >= 11 is 0. The maximum atomic E-state index is 13.4. The maximum absolute atomic E-state index is 13.4. The molecular formula is C34H59N3O5S. The molecule has 8 nitrogen and oxygen atoms in total. The zero-order chi connectivity index (χ0) is 31.8. The fraction of sp³-hybridized carbons (Fsp3) is 0.765. The van der Waals surface area contributed by atoms with Crippen LogP contribution in [0.3, 0.4) is 0 Å². The summed E-state index contributed by atoms with van der Waals surface area (Å²) in [5, 5.41) is 27.7. The summed E-state index contributed by atoms with van der Waals surface area (Å²) < 4.78 is 13.0. The van der Waals surface area contributed by atoms with Crippen molar-refractivity contribution in [2.24, 2.45) is 23.7 Å². The molecule has 246 valence electrons. The van der Waals surface area contributed by atoms with Crippen molar-refractivity contribution < 1.29 is 24.0 Å². The second-order valence-electron chi connectivity index (χ2n) is 12.9. The Morgan fingerprint density at radius 2 is 1.65 bits per heavy atom. The molecule has 9 heteroatoms. The Morgan fingerprint density at radius 1 is 1.00 bits per heavy atom. The van der Waals surface area contributed by atoms with Gasteiger partial charge in [0, 0.05) is 35.4 Å². The average Bonchev–Trinajstić information content (AvgIpc) is 2.99. The zero-order valence-corrected chi connectivity index (χ0v) is 28.1. The van der Waals surface area contributed by atoms with Gasteiger partial charge in [0.15, 0.2) is 0 Å². The fourth-order valence-corrected chi connectivity index (χ4v) is 7.32. The third-order valence-corrected chi connectivity index (χ3v) is 10.2. The predicted molar refractivity (Wildman–Crippen MR) is 176 cm³/mol. The Labute approximate surface area is 263 Å². The highest BCUT2D eigenvalue weighted by Crippen LogP contribution is 2.29. The van der Waals surface area contributed by atoms with E-state index in [1.807, 2.05) is 44.2 Å². The Morgan fingerprint density at radius 3 is 2.26 bits per heavy atom. The van der Waals surface area contributed by atoms with E-state index in [0.717, 1.165) is 50.9 Å². The number of nitrogens with zero attached hydrogens (tertiary/aromatic N) is 1. The first kappa shape index (κ1) is 37.4. The third-order valence-electron chi connectivity index (χ3n) is 8.80. The van der Waals surface area contributed by atoms with E-state index in [4.69, 9.17) is 0 Å². The fourth-order valence-electron chi connectivity index (χ4n) is 5.98. The van der Waals surface area contributed by atoms with E-state index in [-0.39, 0.29) is 30.0 Å². The van der Waals surface area contributed by atoms with Gasteiger partial charge in [0.25, 0.3) is 0 Å². The minimum Gasteiger partial charge on any atom is -0.390 e. The van der Waals surface area contributed by atoms with E-state index in [1.54, 1.807) is 6.92 Å². The quantitative estimate of drug-likeness (QED) is 0.175. The van der Waals surface area contributed by atoms with Gasteiger partial charge in [-0.05, 0) is 49.8 Å². The number of aliphatic hydroxyl groups is 2. The summed E-state index contributed by atoms with van der Waals surface area (Å²) in [6.07, 6.45) is 5.30. The molecule has 1 aliphatic rings. The van der Waals surface area contributed by atoms with Crippen LogP contribution < -0.4 is 10.6 Å². The van der Waals surface area contributed by atoms with Crippen LogP contribution in [0.5, 0.6) is 0 Å². The molecule has 2 rings (SSSR count). The molecule has 0 aliphatic heterocycles. The molecule has 0 heterocycles. The van der Waals surface area contributed by atoms with Crippen LogP contribution in [0.4, 0.5) is 0 Å². The molecule has 4 N–H and O–H groups in total. The summed E-state index contributed by atoms with van der Waals surface area (Å²) in [5.74, 6) is -0.0278. The maximum Gasteiger partial charge on any atom is 0.224 e. The second kappa shape index (κ2) is 20.3. The number of rotatable bonds is 20. The van der Waals surface area contributed by atoms with E-state index in [2.05, 4.69) is 29.4 Å². The zero-order valence-electron chi connectivity index (χ0n) is 27.3. The van der Waals surface area contributed by atoms with Crippen molar-refractivity contribution in [2.45, 2.75) is 104 Å². The topological polar surface area (TPSA) is 119 Å². The first-order valence-corrected chi connectivity index (χ1v) is 18.1. The SMILES string of the molecule is CCN(CC)CCS(=O)CC(Cc1ccccc1)C(=O)NCC(C)C(=O)NC(CC1CCCCC1)C(O)C(O)CC(C)C. The van der Waals surface area contributed by atoms with Gasteiger partial charge in [0.05, 0.1) is 24.0 Å². The van der Waals surface area contributed by atoms with Crippen molar-refractivity contribution in [3.8, 4) is 0 Å². The van der Waals surface area contributed by atoms with E-state index >= 15 is 0 Å². The van der Waals surface area contributed by atoms with Gasteiger partial charge in [0.2, 0.25) is 11.8 Å². The smallest absolute Gasteiger partial charge is 0.224 e. The summed E-state index contributed by atoms with van der Waals surface area (Å²) in [5.41, 5.74) is 1.01. The van der Waals surface area contributed by atoms with Gasteiger partial charge in [-0.3, -0.25) is 13.8 Å². The van der Waals surface area contributed by atoms with Crippen LogP contribution in [0.25, 0.3) is 0 Å². The van der Waals surface area contributed by atoms with Gasteiger partial charge in [0.1, 0.15) is 6.10 Å². The van der Waals surface area contributed by atoms with Crippen molar-refractivity contribution in [1.29, 1.82) is 0 Å². The van der Waals surface area contributed by atoms with E-state index < -0.39 is 40.9 Å². The number of benzene rings is 1. The molecule has 1 aromatic carbocycles. The first-order valence-electron chi connectivity index (χ1n) is 16.6. The highest BCUT2D eigenvalue weighted by atomic mass is 32.2. The van der Waals surface area contributed by atoms with E-state index in [0.29, 0.717) is 30.9 Å².